The molecular weight excluding hydrogens is 212 g/mol. The lowest BCUT2D eigenvalue weighted by Gasteiger charge is -2.24. The molecular formula is C14H26N2O. The van der Waals surface area contributed by atoms with Gasteiger partial charge in [0.25, 0.3) is 0 Å². The Labute approximate surface area is 105 Å². The fourth-order valence-corrected chi connectivity index (χ4v) is 2.97. The maximum Gasteiger partial charge on any atom is 0.223 e. The summed E-state index contributed by atoms with van der Waals surface area (Å²) in [6.07, 6.45) is 11.0. The van der Waals surface area contributed by atoms with Crippen LogP contribution in [0.15, 0.2) is 0 Å². The monoisotopic (exact) mass is 238 g/mol. The zero-order valence-corrected chi connectivity index (χ0v) is 10.9. The first kappa shape index (κ1) is 12.9. The molecule has 0 aromatic rings. The normalized spacial score (nSPS) is 22.2. The number of rotatable bonds is 5. The van der Waals surface area contributed by atoms with Crippen molar-refractivity contribution in [1.29, 1.82) is 0 Å². The van der Waals surface area contributed by atoms with Gasteiger partial charge in [0.1, 0.15) is 0 Å². The van der Waals surface area contributed by atoms with Crippen LogP contribution in [0.2, 0.25) is 0 Å². The summed E-state index contributed by atoms with van der Waals surface area (Å²) in [5.41, 5.74) is 5.60. The maximum atomic E-state index is 12.3. The van der Waals surface area contributed by atoms with Crippen LogP contribution < -0.4 is 5.73 Å². The smallest absolute Gasteiger partial charge is 0.223 e. The van der Waals surface area contributed by atoms with Gasteiger partial charge in [0.05, 0.1) is 0 Å². The van der Waals surface area contributed by atoms with E-state index in [9.17, 15) is 4.79 Å². The van der Waals surface area contributed by atoms with E-state index in [4.69, 9.17) is 5.73 Å². The zero-order chi connectivity index (χ0) is 12.1. The lowest BCUT2D eigenvalue weighted by molar-refractivity contribution is -0.132. The van der Waals surface area contributed by atoms with Crippen molar-refractivity contribution in [2.45, 2.75) is 63.8 Å². The second-order valence-electron chi connectivity index (χ2n) is 5.67. The molecule has 2 aliphatic carbocycles. The Bertz CT molecular complexity index is 243. The second kappa shape index (κ2) is 6.39. The number of nitrogens with two attached hydrogens (primary N) is 1. The van der Waals surface area contributed by atoms with E-state index >= 15 is 0 Å². The lowest BCUT2D eigenvalue weighted by Crippen LogP contribution is -2.38. The molecule has 0 spiro atoms. The Balaban J connectivity index is 1.80. The molecule has 0 aromatic heterocycles. The van der Waals surface area contributed by atoms with Gasteiger partial charge in [-0.25, -0.2) is 0 Å². The summed E-state index contributed by atoms with van der Waals surface area (Å²) >= 11 is 0. The molecule has 0 saturated heterocycles. The summed E-state index contributed by atoms with van der Waals surface area (Å²) in [5.74, 6) is 1.01. The van der Waals surface area contributed by atoms with Crippen LogP contribution in [0.1, 0.15) is 57.8 Å². The fraction of sp³-hybridized carbons (Fsp3) is 0.929. The molecule has 2 fully saturated rings. The summed E-state index contributed by atoms with van der Waals surface area (Å²) in [4.78, 5) is 14.3. The molecule has 0 radical (unpaired) electrons. The highest BCUT2D eigenvalue weighted by Gasteiger charge is 2.32. The molecule has 0 unspecified atom stereocenters. The summed E-state index contributed by atoms with van der Waals surface area (Å²) in [7, 11) is 0. The SMILES string of the molecule is NCCN(C(=O)CC1CCCCCC1)C1CC1. The van der Waals surface area contributed by atoms with Crippen LogP contribution in [0.5, 0.6) is 0 Å². The van der Waals surface area contributed by atoms with Gasteiger partial charge in [0.2, 0.25) is 5.91 Å². The number of nitrogens with zero attached hydrogens (tertiary/aromatic N) is 1. The first-order valence-electron chi connectivity index (χ1n) is 7.31. The van der Waals surface area contributed by atoms with Crippen molar-refractivity contribution < 1.29 is 4.79 Å². The van der Waals surface area contributed by atoms with Crippen LogP contribution in [-0.4, -0.2) is 29.9 Å². The summed E-state index contributed by atoms with van der Waals surface area (Å²) in [6, 6.07) is 0.525. The quantitative estimate of drug-likeness (QED) is 0.747. The minimum absolute atomic E-state index is 0.366. The number of carbonyl (C=O) groups is 1. The molecule has 2 aliphatic rings. The molecule has 2 N–H and O–H groups in total. The van der Waals surface area contributed by atoms with Crippen molar-refractivity contribution in [2.24, 2.45) is 11.7 Å². The number of hydrogen-bond acceptors (Lipinski definition) is 2. The lowest BCUT2D eigenvalue weighted by atomic mass is 9.96. The van der Waals surface area contributed by atoms with Gasteiger partial charge in [-0.1, -0.05) is 25.7 Å². The Morgan fingerprint density at radius 2 is 1.71 bits per heavy atom. The fourth-order valence-electron chi connectivity index (χ4n) is 2.97. The van der Waals surface area contributed by atoms with Gasteiger partial charge in [-0.2, -0.15) is 0 Å². The molecule has 1 amide bonds. The van der Waals surface area contributed by atoms with Crippen LogP contribution in [0, 0.1) is 5.92 Å². The van der Waals surface area contributed by atoms with E-state index in [1.807, 2.05) is 4.90 Å². The Kier molecular flexibility index (Phi) is 4.84. The molecule has 0 aromatic carbocycles. The standard InChI is InChI=1S/C14H26N2O/c15-9-10-16(13-7-8-13)14(17)11-12-5-3-1-2-4-6-12/h12-13H,1-11,15H2. The van der Waals surface area contributed by atoms with E-state index in [-0.39, 0.29) is 0 Å². The van der Waals surface area contributed by atoms with E-state index in [1.165, 1.54) is 51.4 Å². The Morgan fingerprint density at radius 3 is 2.24 bits per heavy atom. The molecule has 0 heterocycles. The Morgan fingerprint density at radius 1 is 1.06 bits per heavy atom. The van der Waals surface area contributed by atoms with Gasteiger partial charge in [0.15, 0.2) is 0 Å². The first-order valence-corrected chi connectivity index (χ1v) is 7.31. The van der Waals surface area contributed by atoms with Gasteiger partial charge < -0.3 is 10.6 Å². The zero-order valence-electron chi connectivity index (χ0n) is 10.9. The first-order chi connectivity index (χ1) is 8.31. The van der Waals surface area contributed by atoms with Crippen molar-refractivity contribution in [2.75, 3.05) is 13.1 Å². The summed E-state index contributed by atoms with van der Waals surface area (Å²) < 4.78 is 0. The van der Waals surface area contributed by atoms with Crippen LogP contribution in [0.4, 0.5) is 0 Å². The van der Waals surface area contributed by atoms with E-state index in [1.54, 1.807) is 0 Å². The molecule has 3 heteroatoms. The third-order valence-electron chi connectivity index (χ3n) is 4.12. The topological polar surface area (TPSA) is 46.3 Å². The number of hydrogen-bond donors (Lipinski definition) is 1. The van der Waals surface area contributed by atoms with Crippen molar-refractivity contribution in [3.8, 4) is 0 Å². The molecule has 0 bridgehead atoms. The molecule has 98 valence electrons. The van der Waals surface area contributed by atoms with Crippen LogP contribution in [-0.2, 0) is 4.79 Å². The third-order valence-corrected chi connectivity index (χ3v) is 4.12. The summed E-state index contributed by atoms with van der Waals surface area (Å²) in [5, 5.41) is 0. The average molecular weight is 238 g/mol. The molecule has 0 aliphatic heterocycles. The van der Waals surface area contributed by atoms with Crippen LogP contribution >= 0.6 is 0 Å². The number of amides is 1. The molecule has 2 rings (SSSR count). The van der Waals surface area contributed by atoms with Gasteiger partial charge >= 0.3 is 0 Å². The van der Waals surface area contributed by atoms with E-state index in [0.29, 0.717) is 24.4 Å². The second-order valence-corrected chi connectivity index (χ2v) is 5.67. The van der Waals surface area contributed by atoms with Gasteiger partial charge in [-0.15, -0.1) is 0 Å². The highest BCUT2D eigenvalue weighted by Crippen LogP contribution is 2.30. The van der Waals surface area contributed by atoms with Gasteiger partial charge in [-0.05, 0) is 31.6 Å². The molecule has 0 atom stereocenters. The average Bonchev–Trinajstić information content (AvgIpc) is 3.13. The highest BCUT2D eigenvalue weighted by atomic mass is 16.2. The van der Waals surface area contributed by atoms with Gasteiger partial charge in [-0.3, -0.25) is 4.79 Å². The predicted octanol–water partition coefficient (Wildman–Crippen LogP) is 2.30. The van der Waals surface area contributed by atoms with Crippen molar-refractivity contribution in [3.63, 3.8) is 0 Å². The van der Waals surface area contributed by atoms with Crippen LogP contribution in [0.25, 0.3) is 0 Å². The highest BCUT2D eigenvalue weighted by molar-refractivity contribution is 5.77. The van der Waals surface area contributed by atoms with E-state index in [2.05, 4.69) is 0 Å². The largest absolute Gasteiger partial charge is 0.338 e. The molecule has 3 nitrogen and oxygen atoms in total. The number of carbonyl (C=O) groups excluding carboxylic acids is 1. The molecule has 2 saturated carbocycles. The maximum absolute atomic E-state index is 12.3. The summed E-state index contributed by atoms with van der Waals surface area (Å²) in [6.45, 7) is 1.36. The van der Waals surface area contributed by atoms with E-state index < -0.39 is 0 Å². The van der Waals surface area contributed by atoms with Crippen molar-refractivity contribution in [3.05, 3.63) is 0 Å². The Hall–Kier alpha value is -0.570. The van der Waals surface area contributed by atoms with Crippen molar-refractivity contribution in [1.82, 2.24) is 4.90 Å². The molecule has 17 heavy (non-hydrogen) atoms. The predicted molar refractivity (Wildman–Crippen MR) is 69.6 cm³/mol. The third kappa shape index (κ3) is 3.98. The minimum atomic E-state index is 0.366. The van der Waals surface area contributed by atoms with Crippen LogP contribution in [0.3, 0.4) is 0 Å². The van der Waals surface area contributed by atoms with Gasteiger partial charge in [0, 0.05) is 25.6 Å². The van der Waals surface area contributed by atoms with Crippen molar-refractivity contribution >= 4 is 5.91 Å². The minimum Gasteiger partial charge on any atom is -0.338 e. The van der Waals surface area contributed by atoms with E-state index in [0.717, 1.165) is 13.0 Å².